The first-order valence-electron chi connectivity index (χ1n) is 7.06. The van der Waals surface area contributed by atoms with Gasteiger partial charge in [0.05, 0.1) is 18.7 Å². The molecular weight excluding hydrogens is 276 g/mol. The van der Waals surface area contributed by atoms with Gasteiger partial charge in [-0.25, -0.2) is 0 Å². The van der Waals surface area contributed by atoms with Gasteiger partial charge in [-0.15, -0.1) is 0 Å². The molecular formula is C15H21ClN2O2. The van der Waals surface area contributed by atoms with Gasteiger partial charge in [0.2, 0.25) is 5.91 Å². The maximum absolute atomic E-state index is 12.2. The van der Waals surface area contributed by atoms with Crippen LogP contribution in [0.4, 0.5) is 5.69 Å². The quantitative estimate of drug-likeness (QED) is 0.928. The number of halogens is 1. The standard InChI is InChI=1S/C15H21ClN2O2/c1-20-14-10-12(6-7-13(14)16)17-11-15(19)18-8-4-2-3-5-9-18/h6-7,10,17H,2-5,8-9,11H2,1H3. The third-order valence-corrected chi connectivity index (χ3v) is 3.87. The Kier molecular flexibility index (Phi) is 5.53. The van der Waals surface area contributed by atoms with Crippen molar-refractivity contribution in [3.05, 3.63) is 23.2 Å². The molecule has 4 nitrogen and oxygen atoms in total. The average Bonchev–Trinajstić information content (AvgIpc) is 2.75. The van der Waals surface area contributed by atoms with Crippen molar-refractivity contribution in [1.29, 1.82) is 0 Å². The van der Waals surface area contributed by atoms with E-state index in [0.29, 0.717) is 17.3 Å². The lowest BCUT2D eigenvalue weighted by molar-refractivity contribution is -0.129. The third-order valence-electron chi connectivity index (χ3n) is 3.55. The van der Waals surface area contributed by atoms with Crippen molar-refractivity contribution in [2.45, 2.75) is 25.7 Å². The van der Waals surface area contributed by atoms with Crippen LogP contribution in [0.1, 0.15) is 25.7 Å². The minimum atomic E-state index is 0.154. The Morgan fingerprint density at radius 2 is 2.00 bits per heavy atom. The summed E-state index contributed by atoms with van der Waals surface area (Å²) in [5, 5.41) is 3.70. The predicted molar refractivity (Wildman–Crippen MR) is 81.5 cm³/mol. The summed E-state index contributed by atoms with van der Waals surface area (Å²) in [6.45, 7) is 2.07. The molecule has 1 amide bonds. The number of hydrogen-bond donors (Lipinski definition) is 1. The maximum Gasteiger partial charge on any atom is 0.241 e. The molecule has 0 bridgehead atoms. The first kappa shape index (κ1) is 15.0. The molecule has 0 atom stereocenters. The molecule has 2 rings (SSSR count). The van der Waals surface area contributed by atoms with E-state index in [-0.39, 0.29) is 5.91 Å². The van der Waals surface area contributed by atoms with Gasteiger partial charge in [-0.1, -0.05) is 24.4 Å². The Balaban J connectivity index is 1.89. The lowest BCUT2D eigenvalue weighted by atomic mass is 10.2. The predicted octanol–water partition coefficient (Wildman–Crippen LogP) is 3.16. The third kappa shape index (κ3) is 4.04. The number of carbonyl (C=O) groups excluding carboxylic acids is 1. The molecule has 1 aliphatic heterocycles. The molecule has 5 heteroatoms. The van der Waals surface area contributed by atoms with Gasteiger partial charge in [0.1, 0.15) is 5.75 Å². The summed E-state index contributed by atoms with van der Waals surface area (Å²) in [4.78, 5) is 14.1. The lowest BCUT2D eigenvalue weighted by Crippen LogP contribution is -2.36. The van der Waals surface area contributed by atoms with Crippen LogP contribution in [0.15, 0.2) is 18.2 Å². The van der Waals surface area contributed by atoms with E-state index in [1.807, 2.05) is 11.0 Å². The van der Waals surface area contributed by atoms with Crippen molar-refractivity contribution in [3.63, 3.8) is 0 Å². The molecule has 1 aromatic carbocycles. The second-order valence-corrected chi connectivity index (χ2v) is 5.41. The molecule has 0 saturated carbocycles. The number of benzene rings is 1. The first-order valence-corrected chi connectivity index (χ1v) is 7.43. The highest BCUT2D eigenvalue weighted by atomic mass is 35.5. The van der Waals surface area contributed by atoms with Crippen LogP contribution in [0.25, 0.3) is 0 Å². The molecule has 1 N–H and O–H groups in total. The zero-order chi connectivity index (χ0) is 14.4. The van der Waals surface area contributed by atoms with E-state index in [0.717, 1.165) is 31.6 Å². The minimum Gasteiger partial charge on any atom is -0.495 e. The number of amides is 1. The van der Waals surface area contributed by atoms with Crippen LogP contribution < -0.4 is 10.1 Å². The molecule has 1 heterocycles. The van der Waals surface area contributed by atoms with Crippen molar-refractivity contribution in [3.8, 4) is 5.75 Å². The van der Waals surface area contributed by atoms with Gasteiger partial charge in [-0.2, -0.15) is 0 Å². The van der Waals surface area contributed by atoms with E-state index in [4.69, 9.17) is 16.3 Å². The number of likely N-dealkylation sites (tertiary alicyclic amines) is 1. The van der Waals surface area contributed by atoms with Gasteiger partial charge in [0.25, 0.3) is 0 Å². The second-order valence-electron chi connectivity index (χ2n) is 5.00. The van der Waals surface area contributed by atoms with Crippen molar-refractivity contribution in [2.75, 3.05) is 32.1 Å². The molecule has 1 saturated heterocycles. The molecule has 0 aliphatic carbocycles. The maximum atomic E-state index is 12.2. The number of carbonyl (C=O) groups is 1. The highest BCUT2D eigenvalue weighted by Crippen LogP contribution is 2.27. The molecule has 0 aromatic heterocycles. The first-order chi connectivity index (χ1) is 9.70. The zero-order valence-electron chi connectivity index (χ0n) is 11.8. The number of nitrogens with zero attached hydrogens (tertiary/aromatic N) is 1. The highest BCUT2D eigenvalue weighted by Gasteiger charge is 2.15. The number of anilines is 1. The van der Waals surface area contributed by atoms with Crippen LogP contribution in [0, 0.1) is 0 Å². The highest BCUT2D eigenvalue weighted by molar-refractivity contribution is 6.32. The van der Waals surface area contributed by atoms with Crippen LogP contribution in [0.3, 0.4) is 0 Å². The summed E-state index contributed by atoms with van der Waals surface area (Å²) in [5.74, 6) is 0.764. The van der Waals surface area contributed by atoms with Crippen LogP contribution >= 0.6 is 11.6 Å². The van der Waals surface area contributed by atoms with Crippen molar-refractivity contribution < 1.29 is 9.53 Å². The Morgan fingerprint density at radius 3 is 2.65 bits per heavy atom. The van der Waals surface area contributed by atoms with E-state index < -0.39 is 0 Å². The minimum absolute atomic E-state index is 0.154. The van der Waals surface area contributed by atoms with Gasteiger partial charge in [-0.3, -0.25) is 4.79 Å². The Labute approximate surface area is 125 Å². The topological polar surface area (TPSA) is 41.6 Å². The van der Waals surface area contributed by atoms with E-state index >= 15 is 0 Å². The fraction of sp³-hybridized carbons (Fsp3) is 0.533. The van der Waals surface area contributed by atoms with Crippen molar-refractivity contribution in [2.24, 2.45) is 0 Å². The van der Waals surface area contributed by atoms with E-state index in [1.54, 1.807) is 19.2 Å². The summed E-state index contributed by atoms with van der Waals surface area (Å²) in [5.41, 5.74) is 0.842. The zero-order valence-corrected chi connectivity index (χ0v) is 12.6. The Bertz CT molecular complexity index is 457. The van der Waals surface area contributed by atoms with E-state index in [1.165, 1.54) is 12.8 Å². The monoisotopic (exact) mass is 296 g/mol. The van der Waals surface area contributed by atoms with Crippen LogP contribution in [0.2, 0.25) is 5.02 Å². The number of hydrogen-bond acceptors (Lipinski definition) is 3. The summed E-state index contributed by atoms with van der Waals surface area (Å²) >= 11 is 5.97. The average molecular weight is 297 g/mol. The number of nitrogens with one attached hydrogen (secondary N) is 1. The molecule has 110 valence electrons. The molecule has 0 spiro atoms. The summed E-state index contributed by atoms with van der Waals surface area (Å²) in [7, 11) is 1.58. The molecule has 1 aliphatic rings. The van der Waals surface area contributed by atoms with Crippen LogP contribution in [0.5, 0.6) is 5.75 Å². The van der Waals surface area contributed by atoms with Crippen LogP contribution in [-0.4, -0.2) is 37.6 Å². The van der Waals surface area contributed by atoms with Gasteiger partial charge >= 0.3 is 0 Å². The van der Waals surface area contributed by atoms with Crippen LogP contribution in [-0.2, 0) is 4.79 Å². The molecule has 1 fully saturated rings. The van der Waals surface area contributed by atoms with Gasteiger partial charge < -0.3 is 15.0 Å². The smallest absolute Gasteiger partial charge is 0.241 e. The molecule has 0 radical (unpaired) electrons. The molecule has 0 unspecified atom stereocenters. The second kappa shape index (κ2) is 7.39. The number of methoxy groups -OCH3 is 1. The SMILES string of the molecule is COc1cc(NCC(=O)N2CCCCCC2)ccc1Cl. The fourth-order valence-corrected chi connectivity index (χ4v) is 2.57. The van der Waals surface area contributed by atoms with E-state index in [9.17, 15) is 4.79 Å². The lowest BCUT2D eigenvalue weighted by Gasteiger charge is -2.20. The normalized spacial score (nSPS) is 15.6. The fourth-order valence-electron chi connectivity index (χ4n) is 2.38. The van der Waals surface area contributed by atoms with Gasteiger partial charge in [0.15, 0.2) is 0 Å². The summed E-state index contributed by atoms with van der Waals surface area (Å²) in [6, 6.07) is 5.41. The van der Waals surface area contributed by atoms with E-state index in [2.05, 4.69) is 5.32 Å². The Morgan fingerprint density at radius 1 is 1.30 bits per heavy atom. The van der Waals surface area contributed by atoms with Gasteiger partial charge in [-0.05, 0) is 25.0 Å². The van der Waals surface area contributed by atoms with Gasteiger partial charge in [0, 0.05) is 24.8 Å². The number of ether oxygens (including phenoxy) is 1. The molecule has 1 aromatic rings. The number of rotatable bonds is 4. The summed E-state index contributed by atoms with van der Waals surface area (Å²) in [6.07, 6.45) is 4.68. The van der Waals surface area contributed by atoms with Crippen molar-refractivity contribution >= 4 is 23.2 Å². The Hall–Kier alpha value is -1.42. The van der Waals surface area contributed by atoms with Crippen molar-refractivity contribution in [1.82, 2.24) is 4.90 Å². The largest absolute Gasteiger partial charge is 0.495 e. The molecule has 20 heavy (non-hydrogen) atoms. The summed E-state index contributed by atoms with van der Waals surface area (Å²) < 4.78 is 5.16.